The van der Waals surface area contributed by atoms with Crippen molar-refractivity contribution < 1.29 is 14.6 Å². The summed E-state index contributed by atoms with van der Waals surface area (Å²) in [5.74, 6) is -0.206. The van der Waals surface area contributed by atoms with Crippen LogP contribution in [-0.4, -0.2) is 23.2 Å². The lowest BCUT2D eigenvalue weighted by Crippen LogP contribution is -2.54. The predicted molar refractivity (Wildman–Crippen MR) is 73.4 cm³/mol. The molecule has 0 radical (unpaired) electrons. The van der Waals surface area contributed by atoms with Gasteiger partial charge in [-0.2, -0.15) is 0 Å². The second kappa shape index (κ2) is 4.85. The van der Waals surface area contributed by atoms with E-state index in [1.54, 1.807) is 0 Å². The highest BCUT2D eigenvalue weighted by Gasteiger charge is 2.49. The van der Waals surface area contributed by atoms with E-state index >= 15 is 0 Å². The van der Waals surface area contributed by atoms with Crippen molar-refractivity contribution in [3.05, 3.63) is 28.8 Å². The van der Waals surface area contributed by atoms with Crippen LogP contribution >= 0.6 is 0 Å². The molecule has 19 heavy (non-hydrogen) atoms. The number of aliphatic carboxylic acids is 1. The van der Waals surface area contributed by atoms with Crippen LogP contribution in [0.2, 0.25) is 0 Å². The fraction of sp³-hybridized carbons (Fsp3) is 0.533. The van der Waals surface area contributed by atoms with Crippen LogP contribution in [-0.2, 0) is 4.79 Å². The molecule has 1 fully saturated rings. The maximum absolute atomic E-state index is 11.3. The van der Waals surface area contributed by atoms with Crippen LogP contribution in [0.25, 0.3) is 0 Å². The van der Waals surface area contributed by atoms with E-state index in [9.17, 15) is 9.90 Å². The van der Waals surface area contributed by atoms with Crippen molar-refractivity contribution in [2.45, 2.75) is 39.2 Å². The lowest BCUT2D eigenvalue weighted by Gasteiger charge is -2.25. The molecule has 0 bridgehead atoms. The number of aryl methyl sites for hydroxylation is 2. The van der Waals surface area contributed by atoms with Gasteiger partial charge in [-0.3, -0.25) is 4.79 Å². The molecule has 1 unspecified atom stereocenters. The van der Waals surface area contributed by atoms with Crippen molar-refractivity contribution in [2.75, 3.05) is 6.61 Å². The monoisotopic (exact) mass is 263 g/mol. The molecule has 0 heterocycles. The van der Waals surface area contributed by atoms with Crippen molar-refractivity contribution in [1.82, 2.24) is 0 Å². The van der Waals surface area contributed by atoms with Crippen LogP contribution in [0.15, 0.2) is 12.1 Å². The zero-order chi connectivity index (χ0) is 14.2. The number of hydrogen-bond acceptors (Lipinski definition) is 3. The van der Waals surface area contributed by atoms with Gasteiger partial charge in [0, 0.05) is 0 Å². The molecule has 3 N–H and O–H groups in total. The van der Waals surface area contributed by atoms with Gasteiger partial charge in [0.25, 0.3) is 0 Å². The lowest BCUT2D eigenvalue weighted by atomic mass is 9.96. The van der Waals surface area contributed by atoms with Crippen LogP contribution in [0.3, 0.4) is 0 Å². The van der Waals surface area contributed by atoms with Gasteiger partial charge in [0.1, 0.15) is 12.4 Å². The summed E-state index contributed by atoms with van der Waals surface area (Å²) in [6, 6.07) is 4.01. The highest BCUT2D eigenvalue weighted by molar-refractivity contribution is 5.79. The number of nitrogens with two attached hydrogens (primary N) is 1. The summed E-state index contributed by atoms with van der Waals surface area (Å²) in [7, 11) is 0. The summed E-state index contributed by atoms with van der Waals surface area (Å²) < 4.78 is 5.72. The maximum atomic E-state index is 11.3. The third kappa shape index (κ3) is 2.73. The first-order valence-corrected chi connectivity index (χ1v) is 6.57. The smallest absolute Gasteiger partial charge is 0.327 e. The van der Waals surface area contributed by atoms with E-state index in [1.807, 2.05) is 26.8 Å². The van der Waals surface area contributed by atoms with Gasteiger partial charge < -0.3 is 15.6 Å². The highest BCUT2D eigenvalue weighted by Crippen LogP contribution is 2.39. The quantitative estimate of drug-likeness (QED) is 0.854. The van der Waals surface area contributed by atoms with Gasteiger partial charge in [0.15, 0.2) is 5.54 Å². The van der Waals surface area contributed by atoms with Crippen molar-refractivity contribution in [3.63, 3.8) is 0 Å². The molecule has 4 heteroatoms. The van der Waals surface area contributed by atoms with E-state index in [2.05, 4.69) is 6.07 Å². The van der Waals surface area contributed by atoms with Gasteiger partial charge in [0.05, 0.1) is 0 Å². The molecule has 1 aromatic rings. The lowest BCUT2D eigenvalue weighted by molar-refractivity contribution is -0.145. The Morgan fingerprint density at radius 2 is 2.05 bits per heavy atom. The molecule has 0 amide bonds. The van der Waals surface area contributed by atoms with Crippen molar-refractivity contribution in [1.29, 1.82) is 0 Å². The Morgan fingerprint density at radius 1 is 1.42 bits per heavy atom. The van der Waals surface area contributed by atoms with Gasteiger partial charge >= 0.3 is 5.97 Å². The topological polar surface area (TPSA) is 72.5 Å². The van der Waals surface area contributed by atoms with Crippen LogP contribution in [0.5, 0.6) is 5.75 Å². The Kier molecular flexibility index (Phi) is 3.54. The number of carboxylic acid groups (broad SMARTS) is 1. The summed E-state index contributed by atoms with van der Waals surface area (Å²) >= 11 is 0. The number of hydrogen-bond donors (Lipinski definition) is 2. The van der Waals surface area contributed by atoms with Crippen LogP contribution in [0.4, 0.5) is 0 Å². The van der Waals surface area contributed by atoms with Crippen LogP contribution < -0.4 is 10.5 Å². The second-order valence-corrected chi connectivity index (χ2v) is 5.61. The molecule has 0 spiro atoms. The van der Waals surface area contributed by atoms with E-state index < -0.39 is 11.5 Å². The molecule has 1 aliphatic rings. The van der Waals surface area contributed by atoms with E-state index in [4.69, 9.17) is 10.5 Å². The highest BCUT2D eigenvalue weighted by atomic mass is 16.5. The van der Waals surface area contributed by atoms with E-state index in [0.717, 1.165) is 35.3 Å². The van der Waals surface area contributed by atoms with E-state index in [1.165, 1.54) is 0 Å². The third-order valence-corrected chi connectivity index (χ3v) is 3.93. The van der Waals surface area contributed by atoms with E-state index in [-0.39, 0.29) is 12.5 Å². The molecule has 4 nitrogen and oxygen atoms in total. The maximum Gasteiger partial charge on any atom is 0.327 e. The fourth-order valence-electron chi connectivity index (χ4n) is 2.30. The van der Waals surface area contributed by atoms with Crippen molar-refractivity contribution >= 4 is 5.97 Å². The fourth-order valence-corrected chi connectivity index (χ4v) is 2.30. The van der Waals surface area contributed by atoms with Gasteiger partial charge in [-0.15, -0.1) is 0 Å². The van der Waals surface area contributed by atoms with Crippen molar-refractivity contribution in [3.8, 4) is 5.75 Å². The molecule has 1 aromatic carbocycles. The first-order chi connectivity index (χ1) is 8.84. The predicted octanol–water partition coefficient (Wildman–Crippen LogP) is 2.18. The van der Waals surface area contributed by atoms with Crippen molar-refractivity contribution in [2.24, 2.45) is 11.7 Å². The van der Waals surface area contributed by atoms with Gasteiger partial charge in [-0.1, -0.05) is 6.07 Å². The molecular weight excluding hydrogens is 242 g/mol. The first-order valence-electron chi connectivity index (χ1n) is 6.57. The minimum absolute atomic E-state index is 0.0245. The Bertz CT molecular complexity index is 508. The molecule has 1 atom stereocenters. The molecule has 0 aliphatic heterocycles. The largest absolute Gasteiger partial charge is 0.491 e. The minimum Gasteiger partial charge on any atom is -0.491 e. The number of benzene rings is 1. The molecule has 1 saturated carbocycles. The van der Waals surface area contributed by atoms with Gasteiger partial charge in [0.2, 0.25) is 0 Å². The summed E-state index contributed by atoms with van der Waals surface area (Å²) in [5, 5.41) is 9.29. The molecule has 2 rings (SSSR count). The first kappa shape index (κ1) is 13.9. The summed E-state index contributed by atoms with van der Waals surface area (Å²) in [4.78, 5) is 11.3. The summed E-state index contributed by atoms with van der Waals surface area (Å²) in [6.45, 7) is 6.01. The third-order valence-electron chi connectivity index (χ3n) is 3.93. The summed E-state index contributed by atoms with van der Waals surface area (Å²) in [5.41, 5.74) is 8.01. The van der Waals surface area contributed by atoms with Gasteiger partial charge in [-0.25, -0.2) is 0 Å². The SMILES string of the molecule is Cc1cc(C)c(C)c(OCC(N)(C(=O)O)C2CC2)c1. The number of carbonyl (C=O) groups is 1. The molecule has 1 aliphatic carbocycles. The number of ether oxygens (including phenoxy) is 1. The second-order valence-electron chi connectivity index (χ2n) is 5.61. The van der Waals surface area contributed by atoms with Crippen LogP contribution in [0.1, 0.15) is 29.5 Å². The number of carboxylic acids is 1. The normalized spacial score (nSPS) is 17.9. The zero-order valence-electron chi connectivity index (χ0n) is 11.7. The summed E-state index contributed by atoms with van der Waals surface area (Å²) in [6.07, 6.45) is 1.75. The average molecular weight is 263 g/mol. The molecule has 104 valence electrons. The Labute approximate surface area is 113 Å². The Hall–Kier alpha value is -1.55. The average Bonchev–Trinajstić information content (AvgIpc) is 3.15. The zero-order valence-corrected chi connectivity index (χ0v) is 11.7. The molecule has 0 saturated heterocycles. The van der Waals surface area contributed by atoms with E-state index in [0.29, 0.717) is 0 Å². The standard InChI is InChI=1S/C15H21NO3/c1-9-6-10(2)11(3)13(7-9)19-8-15(16,14(17)18)12-4-5-12/h6-7,12H,4-5,8,16H2,1-3H3,(H,17,18). The van der Waals surface area contributed by atoms with Gasteiger partial charge in [-0.05, 0) is 62.3 Å². The van der Waals surface area contributed by atoms with Crippen LogP contribution in [0, 0.1) is 26.7 Å². The molecule has 0 aromatic heterocycles. The Balaban J connectivity index is 2.16. The minimum atomic E-state index is -1.26. The number of rotatable bonds is 5. The Morgan fingerprint density at radius 3 is 2.58 bits per heavy atom. The molecular formula is C15H21NO3.